The standard InChI is InChI=1S/C24H23N7O4/c1-4-34-18-9-8-17(11-19(18)33-3)22-26-20(35-28-22)13-30-14-25-23-21(24(30)32)27-29-31(23)12-16-7-5-6-15(2)10-16/h5-11,14H,4,12-13H2,1-3H3. The highest BCUT2D eigenvalue weighted by atomic mass is 16.5. The molecule has 0 aliphatic rings. The van der Waals surface area contributed by atoms with Gasteiger partial charge in [-0.25, -0.2) is 9.67 Å². The van der Waals surface area contributed by atoms with Gasteiger partial charge in [0.1, 0.15) is 12.9 Å². The second kappa shape index (κ2) is 9.37. The van der Waals surface area contributed by atoms with Crippen molar-refractivity contribution in [3.05, 3.63) is 76.2 Å². The number of fused-ring (bicyclic) bond motifs is 1. The van der Waals surface area contributed by atoms with Crippen molar-refractivity contribution in [3.63, 3.8) is 0 Å². The fourth-order valence-corrected chi connectivity index (χ4v) is 3.75. The summed E-state index contributed by atoms with van der Waals surface area (Å²) in [4.78, 5) is 21.8. The number of aryl methyl sites for hydroxylation is 1. The zero-order chi connectivity index (χ0) is 24.4. The zero-order valence-electron chi connectivity index (χ0n) is 19.5. The molecule has 35 heavy (non-hydrogen) atoms. The molecule has 0 saturated heterocycles. The Morgan fingerprint density at radius 3 is 2.77 bits per heavy atom. The van der Waals surface area contributed by atoms with E-state index in [1.54, 1.807) is 23.9 Å². The molecule has 0 radical (unpaired) electrons. The molecule has 0 amide bonds. The van der Waals surface area contributed by atoms with Gasteiger partial charge < -0.3 is 14.0 Å². The van der Waals surface area contributed by atoms with E-state index < -0.39 is 0 Å². The van der Waals surface area contributed by atoms with Gasteiger partial charge in [0.25, 0.3) is 5.56 Å². The number of methoxy groups -OCH3 is 1. The summed E-state index contributed by atoms with van der Waals surface area (Å²) in [6.45, 7) is 4.96. The van der Waals surface area contributed by atoms with Gasteiger partial charge in [-0.1, -0.05) is 40.2 Å². The van der Waals surface area contributed by atoms with Gasteiger partial charge >= 0.3 is 0 Å². The summed E-state index contributed by atoms with van der Waals surface area (Å²) in [5.74, 6) is 1.81. The Balaban J connectivity index is 1.38. The Morgan fingerprint density at radius 1 is 1.09 bits per heavy atom. The van der Waals surface area contributed by atoms with Crippen LogP contribution in [-0.4, -0.2) is 48.4 Å². The SMILES string of the molecule is CCOc1ccc(-c2noc(Cn3cnc4c(nnn4Cc4cccc(C)c4)c3=O)n2)cc1OC. The molecule has 0 aliphatic heterocycles. The van der Waals surface area contributed by atoms with Crippen LogP contribution in [0.2, 0.25) is 0 Å². The van der Waals surface area contributed by atoms with E-state index in [-0.39, 0.29) is 23.5 Å². The third-order valence-corrected chi connectivity index (χ3v) is 5.40. The lowest BCUT2D eigenvalue weighted by molar-refractivity contribution is 0.311. The molecule has 3 aromatic heterocycles. The zero-order valence-corrected chi connectivity index (χ0v) is 19.5. The van der Waals surface area contributed by atoms with Gasteiger partial charge in [-0.05, 0) is 37.6 Å². The second-order valence-electron chi connectivity index (χ2n) is 7.90. The van der Waals surface area contributed by atoms with Crippen LogP contribution in [0, 0.1) is 6.92 Å². The van der Waals surface area contributed by atoms with E-state index in [1.165, 1.54) is 10.9 Å². The summed E-state index contributed by atoms with van der Waals surface area (Å²) < 4.78 is 19.3. The number of hydrogen-bond donors (Lipinski definition) is 0. The molecular formula is C24H23N7O4. The van der Waals surface area contributed by atoms with Crippen LogP contribution < -0.4 is 15.0 Å². The first kappa shape index (κ1) is 22.3. The maximum Gasteiger partial charge on any atom is 0.283 e. The van der Waals surface area contributed by atoms with Crippen LogP contribution >= 0.6 is 0 Å². The van der Waals surface area contributed by atoms with Gasteiger partial charge in [-0.15, -0.1) is 5.10 Å². The van der Waals surface area contributed by atoms with Crippen LogP contribution in [0.5, 0.6) is 11.5 Å². The molecule has 0 fully saturated rings. The molecule has 0 saturated carbocycles. The Hall–Kier alpha value is -4.54. The highest BCUT2D eigenvalue weighted by Crippen LogP contribution is 2.31. The molecule has 11 heteroatoms. The molecule has 0 unspecified atom stereocenters. The van der Waals surface area contributed by atoms with E-state index in [2.05, 4.69) is 31.5 Å². The van der Waals surface area contributed by atoms with Crippen molar-refractivity contribution in [2.75, 3.05) is 13.7 Å². The Bertz CT molecular complexity index is 1550. The number of hydrogen-bond acceptors (Lipinski definition) is 9. The minimum Gasteiger partial charge on any atom is -0.493 e. The van der Waals surface area contributed by atoms with E-state index in [1.807, 2.05) is 38.1 Å². The molecule has 11 nitrogen and oxygen atoms in total. The molecule has 3 heterocycles. The molecular weight excluding hydrogens is 450 g/mol. The first-order valence-corrected chi connectivity index (χ1v) is 11.0. The average Bonchev–Trinajstić information content (AvgIpc) is 3.49. The molecule has 2 aromatic carbocycles. The smallest absolute Gasteiger partial charge is 0.283 e. The predicted octanol–water partition coefficient (Wildman–Crippen LogP) is 2.85. The number of nitrogens with zero attached hydrogens (tertiary/aromatic N) is 7. The molecule has 5 rings (SSSR count). The quantitative estimate of drug-likeness (QED) is 0.335. The third-order valence-electron chi connectivity index (χ3n) is 5.40. The Morgan fingerprint density at radius 2 is 1.97 bits per heavy atom. The topological polar surface area (TPSA) is 123 Å². The van der Waals surface area contributed by atoms with Crippen molar-refractivity contribution in [2.24, 2.45) is 0 Å². The average molecular weight is 473 g/mol. The van der Waals surface area contributed by atoms with Gasteiger partial charge in [0.15, 0.2) is 22.7 Å². The maximum absolute atomic E-state index is 13.0. The van der Waals surface area contributed by atoms with Gasteiger partial charge in [0.05, 0.1) is 20.3 Å². The Kier molecular flexibility index (Phi) is 5.96. The normalized spacial score (nSPS) is 11.2. The van der Waals surface area contributed by atoms with E-state index >= 15 is 0 Å². The second-order valence-corrected chi connectivity index (χ2v) is 7.90. The van der Waals surface area contributed by atoms with E-state index in [4.69, 9.17) is 14.0 Å². The number of aromatic nitrogens is 7. The van der Waals surface area contributed by atoms with Gasteiger partial charge in [-0.2, -0.15) is 4.98 Å². The fraction of sp³-hybridized carbons (Fsp3) is 0.250. The van der Waals surface area contributed by atoms with Crippen LogP contribution in [0.15, 0.2) is 58.1 Å². The molecule has 0 spiro atoms. The number of benzene rings is 2. The summed E-state index contributed by atoms with van der Waals surface area (Å²) in [5.41, 5.74) is 3.14. The summed E-state index contributed by atoms with van der Waals surface area (Å²) in [5, 5.41) is 12.2. The summed E-state index contributed by atoms with van der Waals surface area (Å²) >= 11 is 0. The maximum atomic E-state index is 13.0. The van der Waals surface area contributed by atoms with Crippen molar-refractivity contribution in [2.45, 2.75) is 26.9 Å². The molecule has 0 bridgehead atoms. The first-order chi connectivity index (χ1) is 17.1. The van der Waals surface area contributed by atoms with Crippen LogP contribution in [0.1, 0.15) is 23.9 Å². The summed E-state index contributed by atoms with van der Waals surface area (Å²) in [6, 6.07) is 13.4. The van der Waals surface area contributed by atoms with E-state index in [0.717, 1.165) is 11.1 Å². The molecule has 178 valence electrons. The predicted molar refractivity (Wildman–Crippen MR) is 126 cm³/mol. The first-order valence-electron chi connectivity index (χ1n) is 11.0. The lowest BCUT2D eigenvalue weighted by Gasteiger charge is -2.09. The highest BCUT2D eigenvalue weighted by Gasteiger charge is 2.16. The molecule has 0 aliphatic carbocycles. The minimum atomic E-state index is -0.340. The van der Waals surface area contributed by atoms with Crippen LogP contribution in [-0.2, 0) is 13.1 Å². The fourth-order valence-electron chi connectivity index (χ4n) is 3.75. The number of rotatable bonds is 8. The van der Waals surface area contributed by atoms with Crippen molar-refractivity contribution in [3.8, 4) is 22.9 Å². The largest absolute Gasteiger partial charge is 0.493 e. The van der Waals surface area contributed by atoms with E-state index in [9.17, 15) is 4.79 Å². The highest BCUT2D eigenvalue weighted by molar-refractivity contribution is 5.67. The lowest BCUT2D eigenvalue weighted by atomic mass is 10.1. The van der Waals surface area contributed by atoms with Crippen molar-refractivity contribution in [1.29, 1.82) is 0 Å². The number of ether oxygens (including phenoxy) is 2. The van der Waals surface area contributed by atoms with Crippen molar-refractivity contribution in [1.82, 2.24) is 34.7 Å². The molecule has 0 N–H and O–H groups in total. The Labute approximate surface area is 199 Å². The summed E-state index contributed by atoms with van der Waals surface area (Å²) in [7, 11) is 1.57. The molecule has 5 aromatic rings. The third kappa shape index (κ3) is 4.47. The van der Waals surface area contributed by atoms with Gasteiger partial charge in [0.2, 0.25) is 11.7 Å². The van der Waals surface area contributed by atoms with E-state index in [0.29, 0.717) is 41.7 Å². The van der Waals surface area contributed by atoms with Crippen LogP contribution in [0.25, 0.3) is 22.6 Å². The van der Waals surface area contributed by atoms with Crippen LogP contribution in [0.4, 0.5) is 0 Å². The summed E-state index contributed by atoms with van der Waals surface area (Å²) in [6.07, 6.45) is 1.44. The van der Waals surface area contributed by atoms with Crippen molar-refractivity contribution < 1.29 is 14.0 Å². The molecule has 0 atom stereocenters. The van der Waals surface area contributed by atoms with Crippen molar-refractivity contribution >= 4 is 11.2 Å². The van der Waals surface area contributed by atoms with Gasteiger partial charge in [-0.3, -0.25) is 9.36 Å². The van der Waals surface area contributed by atoms with Gasteiger partial charge in [0, 0.05) is 5.56 Å². The monoisotopic (exact) mass is 473 g/mol. The van der Waals surface area contributed by atoms with Crippen LogP contribution in [0.3, 0.4) is 0 Å². The lowest BCUT2D eigenvalue weighted by Crippen LogP contribution is -2.21. The minimum absolute atomic E-state index is 0.0493.